The molecule has 0 saturated heterocycles. The van der Waals surface area contributed by atoms with E-state index in [-0.39, 0.29) is 62.0 Å². The molecule has 6 rings (SSSR count). The first kappa shape index (κ1) is 44.2. The molecule has 6 atom stereocenters. The predicted molar refractivity (Wildman–Crippen MR) is 226 cm³/mol. The SMILES string of the molecule is C=CCOC12Oc3ccc(OCc4cccc(C)n4)cc3C3C(CCCCO)C(CCCCO)C=C(C(=NOC(C)(C)C)CC1N(C)C(=O)Oc1ccc([N+](=O)[O-])cc1)C32. The van der Waals surface area contributed by atoms with Gasteiger partial charge in [-0.05, 0) is 113 Å². The van der Waals surface area contributed by atoms with Crippen LogP contribution in [0.15, 0.2) is 90.1 Å². The minimum absolute atomic E-state index is 0.0212. The van der Waals surface area contributed by atoms with Crippen molar-refractivity contribution in [3.8, 4) is 17.2 Å². The van der Waals surface area contributed by atoms with Gasteiger partial charge in [-0.3, -0.25) is 15.1 Å². The first-order valence-electron chi connectivity index (χ1n) is 20.8. The fourth-order valence-electron chi connectivity index (χ4n) is 8.78. The van der Waals surface area contributed by atoms with E-state index >= 15 is 0 Å². The van der Waals surface area contributed by atoms with Crippen molar-refractivity contribution in [3.05, 3.63) is 112 Å². The molecule has 1 amide bonds. The number of aliphatic hydroxyl groups is 2. The van der Waals surface area contributed by atoms with E-state index in [1.54, 1.807) is 13.1 Å². The zero-order valence-electron chi connectivity index (χ0n) is 35.2. The number of non-ortho nitro benzene ring substituents is 1. The van der Waals surface area contributed by atoms with Crippen LogP contribution < -0.4 is 14.2 Å². The van der Waals surface area contributed by atoms with Gasteiger partial charge in [0.15, 0.2) is 0 Å². The van der Waals surface area contributed by atoms with Crippen molar-refractivity contribution in [2.24, 2.45) is 22.9 Å². The van der Waals surface area contributed by atoms with Crippen molar-refractivity contribution in [3.63, 3.8) is 0 Å². The minimum Gasteiger partial charge on any atom is -0.487 e. The summed E-state index contributed by atoms with van der Waals surface area (Å²) in [5.41, 5.74) is 3.39. The molecule has 2 aromatic carbocycles. The summed E-state index contributed by atoms with van der Waals surface area (Å²) < 4.78 is 26.4. The van der Waals surface area contributed by atoms with Crippen LogP contribution in [-0.4, -0.2) is 81.1 Å². The number of nitro groups is 1. The number of ether oxygens (including phenoxy) is 4. The molecule has 1 aliphatic heterocycles. The molecular formula is C46H58N4O10. The van der Waals surface area contributed by atoms with E-state index in [2.05, 4.69) is 17.6 Å². The molecule has 0 radical (unpaired) electrons. The summed E-state index contributed by atoms with van der Waals surface area (Å²) in [6, 6.07) is 16.1. The number of aryl methyl sites for hydroxylation is 1. The smallest absolute Gasteiger partial charge is 0.415 e. The molecule has 14 nitrogen and oxygen atoms in total. The summed E-state index contributed by atoms with van der Waals surface area (Å²) >= 11 is 0. The minimum atomic E-state index is -1.49. The number of nitrogens with zero attached hydrogens (tertiary/aromatic N) is 4. The number of fused-ring (bicyclic) bond motifs is 2. The van der Waals surface area contributed by atoms with Gasteiger partial charge in [-0.1, -0.05) is 36.2 Å². The number of carbonyl (C=O) groups is 1. The number of allylic oxidation sites excluding steroid dienone is 1. The second-order valence-electron chi connectivity index (χ2n) is 16.8. The lowest BCUT2D eigenvalue weighted by Crippen LogP contribution is -2.69. The van der Waals surface area contributed by atoms with Crippen molar-refractivity contribution in [2.75, 3.05) is 26.9 Å². The standard InChI is InChI=1S/C46H58N4O10/c1-7-25-57-46-41(49(6)44(53)58-34-19-17-33(18-20-34)50(54)55)28-39(48-60-45(3,4)5)37-26-31(14-8-10-23-51)36(16-9-11-24-52)42(43(37)46)38-27-35(21-22-40(38)59-46)56-29-32-15-12-13-30(2)47-32/h7,12-13,15,17-22,26-27,31,36,41-43,51-52H,1,8-11,14,16,23-25,28-29H2,2-6H3. The van der Waals surface area contributed by atoms with E-state index in [0.29, 0.717) is 30.1 Å². The van der Waals surface area contributed by atoms with Gasteiger partial charge in [-0.2, -0.15) is 0 Å². The van der Waals surface area contributed by atoms with Gasteiger partial charge >= 0.3 is 6.09 Å². The van der Waals surface area contributed by atoms with Crippen molar-refractivity contribution in [1.82, 2.24) is 9.88 Å². The average Bonchev–Trinajstić information content (AvgIpc) is 3.22. The Kier molecular flexibility index (Phi) is 14.3. The molecular weight excluding hydrogens is 769 g/mol. The number of rotatable bonds is 18. The third kappa shape index (κ3) is 9.99. The fraction of sp³-hybridized carbons (Fsp3) is 0.500. The number of benzene rings is 2. The van der Waals surface area contributed by atoms with Gasteiger partial charge in [0.1, 0.15) is 35.5 Å². The zero-order chi connectivity index (χ0) is 43.0. The summed E-state index contributed by atoms with van der Waals surface area (Å²) in [7, 11) is 1.62. The number of aromatic nitrogens is 1. The highest BCUT2D eigenvalue weighted by Gasteiger charge is 2.65. The highest BCUT2D eigenvalue weighted by atomic mass is 16.7. The van der Waals surface area contributed by atoms with E-state index in [1.807, 2.05) is 64.1 Å². The number of nitro benzene ring substituents is 1. The molecule has 2 N–H and O–H groups in total. The summed E-state index contributed by atoms with van der Waals surface area (Å²) in [5, 5.41) is 35.9. The fourth-order valence-corrected chi connectivity index (χ4v) is 8.78. The molecule has 1 fully saturated rings. The molecule has 60 heavy (non-hydrogen) atoms. The molecule has 14 heteroatoms. The Hall–Kier alpha value is -5.31. The van der Waals surface area contributed by atoms with Crippen molar-refractivity contribution in [2.45, 2.75) is 103 Å². The molecule has 322 valence electrons. The Bertz CT molecular complexity index is 2050. The lowest BCUT2D eigenvalue weighted by molar-refractivity contribution is -0.384. The van der Waals surface area contributed by atoms with Gasteiger partial charge in [0, 0.05) is 56.0 Å². The summed E-state index contributed by atoms with van der Waals surface area (Å²) in [6.07, 6.45) is 7.83. The van der Waals surface area contributed by atoms with Crippen LogP contribution >= 0.6 is 0 Å². The highest BCUT2D eigenvalue weighted by molar-refractivity contribution is 6.03. The van der Waals surface area contributed by atoms with Crippen LogP contribution in [0.2, 0.25) is 0 Å². The molecule has 3 aromatic rings. The monoisotopic (exact) mass is 826 g/mol. The van der Waals surface area contributed by atoms with Crippen molar-refractivity contribution >= 4 is 17.5 Å². The van der Waals surface area contributed by atoms with E-state index < -0.39 is 34.4 Å². The molecule has 1 saturated carbocycles. The quantitative estimate of drug-likeness (QED) is 0.0545. The average molecular weight is 827 g/mol. The van der Waals surface area contributed by atoms with Gasteiger partial charge in [0.25, 0.3) is 5.69 Å². The maximum atomic E-state index is 14.2. The van der Waals surface area contributed by atoms with Gasteiger partial charge in [-0.15, -0.1) is 6.58 Å². The van der Waals surface area contributed by atoms with Crippen molar-refractivity contribution < 1.29 is 43.7 Å². The lowest BCUT2D eigenvalue weighted by atomic mass is 9.55. The number of amides is 1. The maximum Gasteiger partial charge on any atom is 0.415 e. The number of unbranched alkanes of at least 4 members (excludes halogenated alkanes) is 2. The molecule has 6 unspecified atom stereocenters. The van der Waals surface area contributed by atoms with Crippen LogP contribution in [0, 0.1) is 34.8 Å². The predicted octanol–water partition coefficient (Wildman–Crippen LogP) is 8.44. The van der Waals surface area contributed by atoms with E-state index in [0.717, 1.165) is 48.2 Å². The van der Waals surface area contributed by atoms with Crippen LogP contribution in [0.1, 0.15) is 88.6 Å². The van der Waals surface area contributed by atoms with Crippen LogP contribution in [0.3, 0.4) is 0 Å². The van der Waals surface area contributed by atoms with Crippen LogP contribution in [-0.2, 0) is 16.2 Å². The van der Waals surface area contributed by atoms with Gasteiger partial charge in [0.05, 0.1) is 28.9 Å². The lowest BCUT2D eigenvalue weighted by Gasteiger charge is -2.59. The molecule has 2 aliphatic carbocycles. The molecule has 2 heterocycles. The molecule has 1 aromatic heterocycles. The normalized spacial score (nSPS) is 23.7. The number of pyridine rings is 1. The third-order valence-electron chi connectivity index (χ3n) is 11.4. The molecule has 0 bridgehead atoms. The second kappa shape index (κ2) is 19.4. The number of hydrogen-bond donors (Lipinski definition) is 2. The van der Waals surface area contributed by atoms with Crippen LogP contribution in [0.4, 0.5) is 10.5 Å². The Morgan fingerprint density at radius 3 is 2.45 bits per heavy atom. The van der Waals surface area contributed by atoms with E-state index in [9.17, 15) is 25.1 Å². The van der Waals surface area contributed by atoms with Gasteiger partial charge < -0.3 is 38.9 Å². The largest absolute Gasteiger partial charge is 0.487 e. The van der Waals surface area contributed by atoms with E-state index in [4.69, 9.17) is 28.9 Å². The third-order valence-corrected chi connectivity index (χ3v) is 11.4. The van der Waals surface area contributed by atoms with Gasteiger partial charge in [0.2, 0.25) is 5.79 Å². The summed E-state index contributed by atoms with van der Waals surface area (Å²) in [6.45, 7) is 12.2. The van der Waals surface area contributed by atoms with E-state index in [1.165, 1.54) is 29.2 Å². The number of hydrogen-bond acceptors (Lipinski definition) is 12. The maximum absolute atomic E-state index is 14.2. The number of carbonyl (C=O) groups excluding carboxylic acids is 1. The Labute approximate surface area is 352 Å². The number of aliphatic hydroxyl groups excluding tert-OH is 2. The Balaban J connectivity index is 1.52. The number of oxime groups is 1. The summed E-state index contributed by atoms with van der Waals surface area (Å²) in [4.78, 5) is 37.2. The second-order valence-corrected chi connectivity index (χ2v) is 16.8. The topological polar surface area (TPSA) is 175 Å². The number of likely N-dealkylation sites (N-methyl/N-ethyl adjacent to an activating group) is 1. The van der Waals surface area contributed by atoms with Crippen molar-refractivity contribution in [1.29, 1.82) is 0 Å². The molecule has 0 spiro atoms. The summed E-state index contributed by atoms with van der Waals surface area (Å²) in [5.74, 6) is -0.832. The zero-order valence-corrected chi connectivity index (χ0v) is 35.2. The van der Waals surface area contributed by atoms with Crippen LogP contribution in [0.5, 0.6) is 17.2 Å². The molecule has 3 aliphatic rings. The first-order chi connectivity index (χ1) is 28.8. The Morgan fingerprint density at radius 2 is 1.78 bits per heavy atom. The highest BCUT2D eigenvalue weighted by Crippen LogP contribution is 2.62. The Morgan fingerprint density at radius 1 is 1.07 bits per heavy atom. The van der Waals surface area contributed by atoms with Gasteiger partial charge in [-0.25, -0.2) is 4.79 Å². The van der Waals surface area contributed by atoms with Crippen LogP contribution in [0.25, 0.3) is 0 Å². The first-order valence-corrected chi connectivity index (χ1v) is 20.8.